The Bertz CT molecular complexity index is 549. The van der Waals surface area contributed by atoms with E-state index in [-0.39, 0.29) is 0 Å². The minimum absolute atomic E-state index is 0.578. The Morgan fingerprint density at radius 2 is 2.05 bits per heavy atom. The first-order valence-corrected chi connectivity index (χ1v) is 6.99. The molecule has 1 N–H and O–H groups in total. The summed E-state index contributed by atoms with van der Waals surface area (Å²) in [5, 5.41) is 8.03. The quantitative estimate of drug-likeness (QED) is 0.937. The smallest absolute Gasteiger partial charge is 0.227 e. The highest BCUT2D eigenvalue weighted by molar-refractivity contribution is 6.33. The van der Waals surface area contributed by atoms with Gasteiger partial charge < -0.3 is 9.84 Å². The maximum atomic E-state index is 6.13. The number of piperidine rings is 1. The van der Waals surface area contributed by atoms with Crippen molar-refractivity contribution in [3.8, 4) is 11.4 Å². The number of nitrogens with zero attached hydrogens (tertiary/aromatic N) is 2. The van der Waals surface area contributed by atoms with Gasteiger partial charge in [-0.25, -0.2) is 0 Å². The van der Waals surface area contributed by atoms with Gasteiger partial charge in [-0.05, 0) is 44.0 Å². The van der Waals surface area contributed by atoms with Gasteiger partial charge >= 0.3 is 0 Å². The predicted octanol–water partition coefficient (Wildman–Crippen LogP) is 2.93. The second-order valence-electron chi connectivity index (χ2n) is 4.89. The van der Waals surface area contributed by atoms with Crippen molar-refractivity contribution in [1.29, 1.82) is 0 Å². The summed E-state index contributed by atoms with van der Waals surface area (Å²) in [6.07, 6.45) is 3.20. The molecule has 1 saturated heterocycles. The number of aromatic nitrogens is 2. The van der Waals surface area contributed by atoms with E-state index in [1.54, 1.807) is 0 Å². The van der Waals surface area contributed by atoms with E-state index in [1.165, 1.54) is 12.8 Å². The molecular weight excluding hydrogens is 262 g/mol. The first kappa shape index (κ1) is 12.6. The second-order valence-corrected chi connectivity index (χ2v) is 5.30. The van der Waals surface area contributed by atoms with Crippen molar-refractivity contribution < 1.29 is 4.52 Å². The number of halogens is 1. The summed E-state index contributed by atoms with van der Waals surface area (Å²) in [5.41, 5.74) is 0.824. The number of hydrogen-bond donors (Lipinski definition) is 1. The van der Waals surface area contributed by atoms with Crippen LogP contribution in [0, 0.1) is 5.92 Å². The van der Waals surface area contributed by atoms with E-state index in [9.17, 15) is 0 Å². The highest BCUT2D eigenvalue weighted by atomic mass is 35.5. The summed E-state index contributed by atoms with van der Waals surface area (Å²) in [7, 11) is 0. The highest BCUT2D eigenvalue weighted by Crippen LogP contribution is 2.26. The molecule has 1 aromatic heterocycles. The van der Waals surface area contributed by atoms with Crippen molar-refractivity contribution in [2.75, 3.05) is 13.1 Å². The Labute approximate surface area is 117 Å². The van der Waals surface area contributed by atoms with Crippen LogP contribution in [0.5, 0.6) is 0 Å². The zero-order valence-electron chi connectivity index (χ0n) is 10.6. The molecule has 1 aliphatic heterocycles. The van der Waals surface area contributed by atoms with Gasteiger partial charge in [-0.3, -0.25) is 0 Å². The Morgan fingerprint density at radius 3 is 2.84 bits per heavy atom. The summed E-state index contributed by atoms with van der Waals surface area (Å²) in [5.74, 6) is 1.93. The molecule has 2 heterocycles. The van der Waals surface area contributed by atoms with Crippen LogP contribution in [0.3, 0.4) is 0 Å². The molecule has 4 nitrogen and oxygen atoms in total. The third kappa shape index (κ3) is 2.96. The molecule has 1 aromatic carbocycles. The van der Waals surface area contributed by atoms with Crippen LogP contribution in [-0.4, -0.2) is 23.2 Å². The van der Waals surface area contributed by atoms with Crippen LogP contribution >= 0.6 is 11.6 Å². The van der Waals surface area contributed by atoms with Crippen LogP contribution in [0.4, 0.5) is 0 Å². The predicted molar refractivity (Wildman–Crippen MR) is 74.0 cm³/mol. The minimum atomic E-state index is 0.578. The second kappa shape index (κ2) is 5.72. The monoisotopic (exact) mass is 277 g/mol. The average Bonchev–Trinajstić information content (AvgIpc) is 2.89. The fraction of sp³-hybridized carbons (Fsp3) is 0.429. The van der Waals surface area contributed by atoms with E-state index in [0.29, 0.717) is 22.7 Å². The fourth-order valence-electron chi connectivity index (χ4n) is 2.42. The summed E-state index contributed by atoms with van der Waals surface area (Å²) in [6, 6.07) is 7.55. The van der Waals surface area contributed by atoms with Crippen molar-refractivity contribution in [3.63, 3.8) is 0 Å². The summed E-state index contributed by atoms with van der Waals surface area (Å²) in [4.78, 5) is 4.45. The maximum absolute atomic E-state index is 6.13. The van der Waals surface area contributed by atoms with Crippen molar-refractivity contribution >= 4 is 11.6 Å². The molecule has 100 valence electrons. The lowest BCUT2D eigenvalue weighted by molar-refractivity contribution is 0.313. The largest absolute Gasteiger partial charge is 0.339 e. The van der Waals surface area contributed by atoms with Crippen LogP contribution in [0.25, 0.3) is 11.4 Å². The third-order valence-electron chi connectivity index (χ3n) is 3.50. The Hall–Kier alpha value is -1.39. The van der Waals surface area contributed by atoms with Crippen molar-refractivity contribution in [3.05, 3.63) is 35.2 Å². The van der Waals surface area contributed by atoms with E-state index >= 15 is 0 Å². The van der Waals surface area contributed by atoms with Gasteiger partial charge in [-0.2, -0.15) is 4.98 Å². The molecule has 3 rings (SSSR count). The molecule has 0 radical (unpaired) electrons. The van der Waals surface area contributed by atoms with Gasteiger partial charge in [0.25, 0.3) is 0 Å². The fourth-order valence-corrected chi connectivity index (χ4v) is 2.64. The summed E-state index contributed by atoms with van der Waals surface area (Å²) >= 11 is 6.13. The first-order valence-electron chi connectivity index (χ1n) is 6.61. The molecule has 0 aliphatic carbocycles. The SMILES string of the molecule is Clc1ccccc1-c1noc(CC2CCNCC2)n1. The van der Waals surface area contributed by atoms with Gasteiger partial charge in [-0.1, -0.05) is 28.9 Å². The maximum Gasteiger partial charge on any atom is 0.227 e. The van der Waals surface area contributed by atoms with Crippen LogP contribution in [0.15, 0.2) is 28.8 Å². The Balaban J connectivity index is 1.74. The van der Waals surface area contributed by atoms with Crippen LogP contribution < -0.4 is 5.32 Å². The van der Waals surface area contributed by atoms with Gasteiger partial charge in [-0.15, -0.1) is 0 Å². The van der Waals surface area contributed by atoms with Crippen LogP contribution in [0.2, 0.25) is 5.02 Å². The van der Waals surface area contributed by atoms with E-state index in [1.807, 2.05) is 24.3 Å². The van der Waals surface area contributed by atoms with Crippen molar-refractivity contribution in [2.45, 2.75) is 19.3 Å². The van der Waals surface area contributed by atoms with Gasteiger partial charge in [0, 0.05) is 12.0 Å². The van der Waals surface area contributed by atoms with Gasteiger partial charge in [0.2, 0.25) is 11.7 Å². The number of benzene rings is 1. The molecule has 5 heteroatoms. The number of rotatable bonds is 3. The Kier molecular flexibility index (Phi) is 3.80. The number of nitrogens with one attached hydrogen (secondary N) is 1. The van der Waals surface area contributed by atoms with Gasteiger partial charge in [0.05, 0.1) is 5.02 Å². The summed E-state index contributed by atoms with van der Waals surface area (Å²) in [6.45, 7) is 2.16. The van der Waals surface area contributed by atoms with E-state index in [0.717, 1.165) is 25.1 Å². The molecule has 1 aliphatic rings. The highest BCUT2D eigenvalue weighted by Gasteiger charge is 2.18. The molecule has 0 saturated carbocycles. The average molecular weight is 278 g/mol. The Morgan fingerprint density at radius 1 is 1.26 bits per heavy atom. The standard InChI is InChI=1S/C14H16ClN3O/c15-12-4-2-1-3-11(12)14-17-13(19-18-14)9-10-5-7-16-8-6-10/h1-4,10,16H,5-9H2. The van der Waals surface area contributed by atoms with E-state index in [2.05, 4.69) is 15.5 Å². The van der Waals surface area contributed by atoms with Gasteiger partial charge in [0.15, 0.2) is 0 Å². The first-order chi connectivity index (χ1) is 9.33. The lowest BCUT2D eigenvalue weighted by Crippen LogP contribution is -2.28. The molecular formula is C14H16ClN3O. The van der Waals surface area contributed by atoms with E-state index in [4.69, 9.17) is 16.1 Å². The topological polar surface area (TPSA) is 51.0 Å². The van der Waals surface area contributed by atoms with E-state index < -0.39 is 0 Å². The molecule has 0 atom stereocenters. The molecule has 2 aromatic rings. The molecule has 0 amide bonds. The molecule has 1 fully saturated rings. The molecule has 0 bridgehead atoms. The zero-order valence-corrected chi connectivity index (χ0v) is 11.4. The lowest BCUT2D eigenvalue weighted by Gasteiger charge is -2.20. The lowest BCUT2D eigenvalue weighted by atomic mass is 9.95. The molecule has 0 spiro atoms. The van der Waals surface area contributed by atoms with Gasteiger partial charge in [0.1, 0.15) is 0 Å². The third-order valence-corrected chi connectivity index (χ3v) is 3.83. The van der Waals surface area contributed by atoms with Crippen LogP contribution in [-0.2, 0) is 6.42 Å². The normalized spacial score (nSPS) is 16.7. The number of hydrogen-bond acceptors (Lipinski definition) is 4. The minimum Gasteiger partial charge on any atom is -0.339 e. The zero-order chi connectivity index (χ0) is 13.1. The van der Waals surface area contributed by atoms with Crippen molar-refractivity contribution in [1.82, 2.24) is 15.5 Å². The van der Waals surface area contributed by atoms with Crippen molar-refractivity contribution in [2.24, 2.45) is 5.92 Å². The summed E-state index contributed by atoms with van der Waals surface area (Å²) < 4.78 is 5.34. The molecule has 19 heavy (non-hydrogen) atoms. The molecule has 0 unspecified atom stereocenters. The van der Waals surface area contributed by atoms with Crippen LogP contribution in [0.1, 0.15) is 18.7 Å².